The summed E-state index contributed by atoms with van der Waals surface area (Å²) in [4.78, 5) is 13.1. The SMILES string of the molecule is CCC(C)CC(C)(C)C(=O)OC1(CC)C2CC3CC(C2)CC1C3. The maximum Gasteiger partial charge on any atom is 0.312 e. The number of ether oxygens (including phenoxy) is 1. The summed E-state index contributed by atoms with van der Waals surface area (Å²) in [6.45, 7) is 10.9. The van der Waals surface area contributed by atoms with Crippen molar-refractivity contribution in [3.63, 3.8) is 0 Å². The van der Waals surface area contributed by atoms with Crippen molar-refractivity contribution in [2.45, 2.75) is 91.6 Å². The molecule has 0 spiro atoms. The summed E-state index contributed by atoms with van der Waals surface area (Å²) in [5.41, 5.74) is -0.497. The highest BCUT2D eigenvalue weighted by Crippen LogP contribution is 2.61. The van der Waals surface area contributed by atoms with E-state index in [4.69, 9.17) is 4.74 Å². The van der Waals surface area contributed by atoms with Gasteiger partial charge in [0.05, 0.1) is 5.41 Å². The van der Waals surface area contributed by atoms with Crippen LogP contribution < -0.4 is 0 Å². The lowest BCUT2D eigenvalue weighted by atomic mass is 9.49. The third-order valence-electron chi connectivity index (χ3n) is 7.46. The van der Waals surface area contributed by atoms with Crippen LogP contribution in [0.4, 0.5) is 0 Å². The Morgan fingerprint density at radius 1 is 1.09 bits per heavy atom. The van der Waals surface area contributed by atoms with Crippen LogP contribution in [0.1, 0.15) is 86.0 Å². The van der Waals surface area contributed by atoms with Crippen LogP contribution in [0.3, 0.4) is 0 Å². The Morgan fingerprint density at radius 3 is 2.04 bits per heavy atom. The van der Waals surface area contributed by atoms with E-state index in [-0.39, 0.29) is 17.0 Å². The number of esters is 1. The lowest BCUT2D eigenvalue weighted by molar-refractivity contribution is -0.218. The lowest BCUT2D eigenvalue weighted by Crippen LogP contribution is -2.60. The maximum atomic E-state index is 13.1. The van der Waals surface area contributed by atoms with Crippen molar-refractivity contribution < 1.29 is 9.53 Å². The molecule has 23 heavy (non-hydrogen) atoms. The topological polar surface area (TPSA) is 26.3 Å². The molecule has 4 fully saturated rings. The van der Waals surface area contributed by atoms with Crippen LogP contribution in [-0.4, -0.2) is 11.6 Å². The Morgan fingerprint density at radius 2 is 1.61 bits per heavy atom. The monoisotopic (exact) mass is 320 g/mol. The number of hydrogen-bond acceptors (Lipinski definition) is 2. The Labute approximate surface area is 142 Å². The normalized spacial score (nSPS) is 40.2. The van der Waals surface area contributed by atoms with Crippen LogP contribution in [0.5, 0.6) is 0 Å². The van der Waals surface area contributed by atoms with E-state index in [2.05, 4.69) is 34.6 Å². The molecule has 4 bridgehead atoms. The molecule has 0 N–H and O–H groups in total. The van der Waals surface area contributed by atoms with Crippen LogP contribution in [0.2, 0.25) is 0 Å². The molecule has 0 amide bonds. The second-order valence-corrected chi connectivity index (χ2v) is 9.60. The Kier molecular flexibility index (Phi) is 4.57. The van der Waals surface area contributed by atoms with E-state index in [0.717, 1.165) is 31.1 Å². The molecule has 1 atom stereocenters. The van der Waals surface area contributed by atoms with Gasteiger partial charge in [-0.25, -0.2) is 0 Å². The van der Waals surface area contributed by atoms with Gasteiger partial charge in [-0.2, -0.15) is 0 Å². The molecule has 0 aromatic rings. The third kappa shape index (κ3) is 2.96. The van der Waals surface area contributed by atoms with Gasteiger partial charge in [0, 0.05) is 0 Å². The van der Waals surface area contributed by atoms with Crippen molar-refractivity contribution >= 4 is 5.97 Å². The predicted octanol–water partition coefficient (Wildman–Crippen LogP) is 5.60. The van der Waals surface area contributed by atoms with Crippen LogP contribution in [0.15, 0.2) is 0 Å². The summed E-state index contributed by atoms with van der Waals surface area (Å²) in [7, 11) is 0. The molecule has 1 unspecified atom stereocenters. The summed E-state index contributed by atoms with van der Waals surface area (Å²) in [6, 6.07) is 0. The van der Waals surface area contributed by atoms with E-state index in [0.29, 0.717) is 17.8 Å². The molecule has 132 valence electrons. The van der Waals surface area contributed by atoms with Crippen molar-refractivity contribution in [1.82, 2.24) is 0 Å². The predicted molar refractivity (Wildman–Crippen MR) is 94.0 cm³/mol. The van der Waals surface area contributed by atoms with E-state index in [1.165, 1.54) is 32.1 Å². The molecule has 4 saturated carbocycles. The van der Waals surface area contributed by atoms with Crippen LogP contribution in [-0.2, 0) is 9.53 Å². The van der Waals surface area contributed by atoms with Gasteiger partial charge in [0.25, 0.3) is 0 Å². The molecule has 4 aliphatic carbocycles. The number of carbonyl (C=O) groups excluding carboxylic acids is 1. The standard InChI is InChI=1S/C21H36O2/c1-6-14(3)13-20(4,5)19(22)23-21(7-2)17-9-15-8-16(11-17)12-18(21)10-15/h14-18H,6-13H2,1-5H3. The number of rotatable bonds is 6. The van der Waals surface area contributed by atoms with Crippen molar-refractivity contribution in [2.24, 2.45) is 35.0 Å². The molecule has 2 nitrogen and oxygen atoms in total. The van der Waals surface area contributed by atoms with Crippen molar-refractivity contribution in [2.75, 3.05) is 0 Å². The first kappa shape index (κ1) is 17.3. The van der Waals surface area contributed by atoms with Gasteiger partial charge < -0.3 is 4.74 Å². The second-order valence-electron chi connectivity index (χ2n) is 9.60. The van der Waals surface area contributed by atoms with E-state index >= 15 is 0 Å². The largest absolute Gasteiger partial charge is 0.458 e. The van der Waals surface area contributed by atoms with Gasteiger partial charge in [-0.15, -0.1) is 0 Å². The number of carbonyl (C=O) groups is 1. The molecule has 4 rings (SSSR count). The summed E-state index contributed by atoms with van der Waals surface area (Å²) in [5, 5.41) is 0. The quantitative estimate of drug-likeness (QED) is 0.596. The first-order valence-corrected chi connectivity index (χ1v) is 10.0. The minimum atomic E-state index is -0.355. The molecule has 0 aromatic heterocycles. The Balaban J connectivity index is 1.75. The molecular formula is C21H36O2. The molecule has 0 saturated heterocycles. The first-order chi connectivity index (χ1) is 10.8. The fourth-order valence-corrected chi connectivity index (χ4v) is 6.21. The molecule has 0 aliphatic heterocycles. The first-order valence-electron chi connectivity index (χ1n) is 10.0. The van der Waals surface area contributed by atoms with Gasteiger partial charge in [0.15, 0.2) is 0 Å². The molecule has 4 aliphatic rings. The van der Waals surface area contributed by atoms with Crippen molar-refractivity contribution in [1.29, 1.82) is 0 Å². The van der Waals surface area contributed by atoms with Gasteiger partial charge in [-0.05, 0) is 88.4 Å². The minimum absolute atomic E-state index is 0.0622. The average Bonchev–Trinajstić information content (AvgIpc) is 2.49. The van der Waals surface area contributed by atoms with Crippen molar-refractivity contribution in [3.05, 3.63) is 0 Å². The van der Waals surface area contributed by atoms with Gasteiger partial charge in [0.2, 0.25) is 0 Å². The van der Waals surface area contributed by atoms with Crippen LogP contribution >= 0.6 is 0 Å². The summed E-state index contributed by atoms with van der Waals surface area (Å²) >= 11 is 0. The lowest BCUT2D eigenvalue weighted by Gasteiger charge is -2.60. The average molecular weight is 321 g/mol. The van der Waals surface area contributed by atoms with Gasteiger partial charge in [-0.3, -0.25) is 4.79 Å². The van der Waals surface area contributed by atoms with Crippen molar-refractivity contribution in [3.8, 4) is 0 Å². The van der Waals surface area contributed by atoms with E-state index in [9.17, 15) is 4.79 Å². The van der Waals surface area contributed by atoms with E-state index < -0.39 is 0 Å². The highest BCUT2D eigenvalue weighted by molar-refractivity contribution is 5.76. The fourth-order valence-electron chi connectivity index (χ4n) is 6.21. The molecular weight excluding hydrogens is 284 g/mol. The smallest absolute Gasteiger partial charge is 0.312 e. The molecule has 0 heterocycles. The molecule has 0 aromatic carbocycles. The maximum absolute atomic E-state index is 13.1. The van der Waals surface area contributed by atoms with Crippen LogP contribution in [0.25, 0.3) is 0 Å². The zero-order valence-electron chi connectivity index (χ0n) is 15.9. The van der Waals surface area contributed by atoms with Crippen LogP contribution in [0, 0.1) is 35.0 Å². The zero-order valence-corrected chi connectivity index (χ0v) is 15.9. The third-order valence-corrected chi connectivity index (χ3v) is 7.46. The highest BCUT2D eigenvalue weighted by atomic mass is 16.6. The summed E-state index contributed by atoms with van der Waals surface area (Å²) in [5.74, 6) is 3.74. The fraction of sp³-hybridized carbons (Fsp3) is 0.952. The van der Waals surface area contributed by atoms with Gasteiger partial charge >= 0.3 is 5.97 Å². The van der Waals surface area contributed by atoms with E-state index in [1.54, 1.807) is 0 Å². The van der Waals surface area contributed by atoms with Gasteiger partial charge in [-0.1, -0.05) is 27.2 Å². The van der Waals surface area contributed by atoms with Gasteiger partial charge in [0.1, 0.15) is 5.60 Å². The Bertz CT molecular complexity index is 423. The highest BCUT2D eigenvalue weighted by Gasteiger charge is 2.59. The van der Waals surface area contributed by atoms with E-state index in [1.807, 2.05) is 0 Å². The number of hydrogen-bond donors (Lipinski definition) is 0. The summed E-state index contributed by atoms with van der Waals surface area (Å²) < 4.78 is 6.44. The zero-order chi connectivity index (χ0) is 16.8. The summed E-state index contributed by atoms with van der Waals surface area (Å²) in [6.07, 6.45) is 9.74. The Hall–Kier alpha value is -0.530. The second kappa shape index (κ2) is 6.08. The minimum Gasteiger partial charge on any atom is -0.458 e. The molecule has 2 heteroatoms. The molecule has 0 radical (unpaired) electrons.